The predicted octanol–water partition coefficient (Wildman–Crippen LogP) is 2.53. The van der Waals surface area contributed by atoms with Gasteiger partial charge in [0.25, 0.3) is 5.91 Å². The second-order valence-electron chi connectivity index (χ2n) is 8.43. The summed E-state index contributed by atoms with van der Waals surface area (Å²) in [5.41, 5.74) is 4.59. The van der Waals surface area contributed by atoms with Crippen LogP contribution in [0, 0.1) is 0 Å². The first-order valence-corrected chi connectivity index (χ1v) is 11.1. The number of aromatic nitrogens is 4. The largest absolute Gasteiger partial charge is 0.354 e. The van der Waals surface area contributed by atoms with Crippen LogP contribution in [0.3, 0.4) is 0 Å². The summed E-state index contributed by atoms with van der Waals surface area (Å²) in [6.07, 6.45) is 5.47. The lowest BCUT2D eigenvalue weighted by Crippen LogP contribution is -2.44. The standard InChI is InChI=1S/C24H24N8O/c1-30-9-11-31(12-10-30)21-7-4-5-19(29-21)28-17-14-26-23(16-13-27-24(33)22(16)17)18-15-25-20-6-2-3-8-32(18)20/h2-8,14-15H,9-13H2,1H3,(H,27,33)(H,28,29). The number of carbonyl (C=O) groups is 1. The van der Waals surface area contributed by atoms with Crippen molar-refractivity contribution in [3.05, 3.63) is 66.1 Å². The monoisotopic (exact) mass is 440 g/mol. The molecule has 0 unspecified atom stereocenters. The summed E-state index contributed by atoms with van der Waals surface area (Å²) in [6, 6.07) is 11.8. The van der Waals surface area contributed by atoms with Gasteiger partial charge in [0.1, 0.15) is 17.3 Å². The summed E-state index contributed by atoms with van der Waals surface area (Å²) in [4.78, 5) is 31.4. The lowest BCUT2D eigenvalue weighted by atomic mass is 10.1. The van der Waals surface area contributed by atoms with Crippen molar-refractivity contribution in [1.82, 2.24) is 29.6 Å². The molecule has 6 heterocycles. The Labute approximate surface area is 191 Å². The second-order valence-corrected chi connectivity index (χ2v) is 8.43. The van der Waals surface area contributed by atoms with Crippen LogP contribution in [0.1, 0.15) is 15.9 Å². The van der Waals surface area contributed by atoms with E-state index < -0.39 is 0 Å². The number of carbonyl (C=O) groups excluding carboxylic acids is 1. The number of fused-ring (bicyclic) bond motifs is 2. The van der Waals surface area contributed by atoms with Gasteiger partial charge in [0, 0.05) is 44.5 Å². The summed E-state index contributed by atoms with van der Waals surface area (Å²) >= 11 is 0. The SMILES string of the molecule is CN1CCN(c2cccc(Nc3cnc(-c4cnc5ccccn45)c4c3C(=O)NC4)n2)CC1. The molecule has 1 fully saturated rings. The third-order valence-electron chi connectivity index (χ3n) is 6.32. The highest BCUT2D eigenvalue weighted by molar-refractivity contribution is 6.05. The summed E-state index contributed by atoms with van der Waals surface area (Å²) in [5.74, 6) is 1.52. The molecule has 0 bridgehead atoms. The highest BCUT2D eigenvalue weighted by atomic mass is 16.1. The van der Waals surface area contributed by atoms with Crippen molar-refractivity contribution in [3.63, 3.8) is 0 Å². The molecular formula is C24H24N8O. The predicted molar refractivity (Wildman–Crippen MR) is 127 cm³/mol. The molecule has 166 valence electrons. The highest BCUT2D eigenvalue weighted by Gasteiger charge is 2.28. The summed E-state index contributed by atoms with van der Waals surface area (Å²) in [6.45, 7) is 4.35. The van der Waals surface area contributed by atoms with Crippen molar-refractivity contribution in [2.24, 2.45) is 0 Å². The highest BCUT2D eigenvalue weighted by Crippen LogP contribution is 2.33. The molecule has 4 aromatic rings. The first-order chi connectivity index (χ1) is 16.2. The molecule has 6 rings (SSSR count). The van der Waals surface area contributed by atoms with Gasteiger partial charge in [-0.05, 0) is 31.3 Å². The van der Waals surface area contributed by atoms with E-state index in [4.69, 9.17) is 9.97 Å². The molecule has 9 nitrogen and oxygen atoms in total. The number of anilines is 3. The van der Waals surface area contributed by atoms with Crippen molar-refractivity contribution in [2.75, 3.05) is 43.4 Å². The van der Waals surface area contributed by atoms with Crippen LogP contribution in [-0.4, -0.2) is 63.4 Å². The molecule has 2 N–H and O–H groups in total. The van der Waals surface area contributed by atoms with Gasteiger partial charge in [-0.15, -0.1) is 0 Å². The van der Waals surface area contributed by atoms with Crippen LogP contribution in [0.15, 0.2) is 55.0 Å². The number of nitrogens with one attached hydrogen (secondary N) is 2. The number of hydrogen-bond donors (Lipinski definition) is 2. The molecule has 0 aromatic carbocycles. The van der Waals surface area contributed by atoms with Crippen LogP contribution in [0.4, 0.5) is 17.3 Å². The van der Waals surface area contributed by atoms with E-state index in [1.807, 2.05) is 47.0 Å². The van der Waals surface area contributed by atoms with Crippen LogP contribution in [-0.2, 0) is 6.54 Å². The number of piperazine rings is 1. The number of likely N-dealkylation sites (N-methyl/N-ethyl adjacent to an activating group) is 1. The molecule has 0 aliphatic carbocycles. The van der Waals surface area contributed by atoms with Crippen molar-refractivity contribution in [2.45, 2.75) is 6.54 Å². The fourth-order valence-electron chi connectivity index (χ4n) is 4.51. The van der Waals surface area contributed by atoms with Crippen LogP contribution in [0.5, 0.6) is 0 Å². The van der Waals surface area contributed by atoms with E-state index >= 15 is 0 Å². The molecule has 1 amide bonds. The number of nitrogens with zero attached hydrogens (tertiary/aromatic N) is 6. The Bertz CT molecular complexity index is 1360. The minimum Gasteiger partial charge on any atom is -0.354 e. The van der Waals surface area contributed by atoms with Gasteiger partial charge < -0.3 is 20.4 Å². The third kappa shape index (κ3) is 3.46. The van der Waals surface area contributed by atoms with E-state index in [1.54, 1.807) is 12.4 Å². The van der Waals surface area contributed by atoms with Crippen molar-refractivity contribution in [3.8, 4) is 11.4 Å². The van der Waals surface area contributed by atoms with E-state index in [0.29, 0.717) is 23.6 Å². The van der Waals surface area contributed by atoms with Crippen molar-refractivity contribution >= 4 is 28.9 Å². The van der Waals surface area contributed by atoms with Crippen LogP contribution >= 0.6 is 0 Å². The van der Waals surface area contributed by atoms with E-state index in [9.17, 15) is 4.79 Å². The van der Waals surface area contributed by atoms with Gasteiger partial charge >= 0.3 is 0 Å². The molecule has 0 radical (unpaired) electrons. The Balaban J connectivity index is 1.35. The number of hydrogen-bond acceptors (Lipinski definition) is 7. The third-order valence-corrected chi connectivity index (χ3v) is 6.32. The van der Waals surface area contributed by atoms with E-state index in [0.717, 1.165) is 54.6 Å². The Hall–Kier alpha value is -3.98. The Morgan fingerprint density at radius 1 is 1.00 bits per heavy atom. The summed E-state index contributed by atoms with van der Waals surface area (Å²) in [7, 11) is 2.14. The quantitative estimate of drug-likeness (QED) is 0.504. The van der Waals surface area contributed by atoms with Crippen LogP contribution < -0.4 is 15.5 Å². The van der Waals surface area contributed by atoms with Gasteiger partial charge in [-0.2, -0.15) is 0 Å². The van der Waals surface area contributed by atoms with Gasteiger partial charge in [0.2, 0.25) is 0 Å². The summed E-state index contributed by atoms with van der Waals surface area (Å²) in [5, 5.41) is 6.29. The van der Waals surface area contributed by atoms with Gasteiger partial charge in [0.05, 0.1) is 35.0 Å². The lowest BCUT2D eigenvalue weighted by molar-refractivity contribution is 0.0966. The normalized spacial score (nSPS) is 16.2. The maximum absolute atomic E-state index is 12.8. The van der Waals surface area contributed by atoms with E-state index in [-0.39, 0.29) is 5.91 Å². The number of rotatable bonds is 4. The first kappa shape index (κ1) is 19.7. The smallest absolute Gasteiger partial charge is 0.254 e. The van der Waals surface area contributed by atoms with Gasteiger partial charge in [-0.3, -0.25) is 14.2 Å². The average molecular weight is 441 g/mol. The Morgan fingerprint density at radius 3 is 2.76 bits per heavy atom. The molecular weight excluding hydrogens is 416 g/mol. The molecule has 2 aliphatic rings. The molecule has 4 aromatic heterocycles. The molecule has 0 spiro atoms. The molecule has 0 saturated carbocycles. The van der Waals surface area contributed by atoms with E-state index in [1.165, 1.54) is 0 Å². The fraction of sp³-hybridized carbons (Fsp3) is 0.250. The van der Waals surface area contributed by atoms with Gasteiger partial charge in [-0.25, -0.2) is 9.97 Å². The molecule has 9 heteroatoms. The second kappa shape index (κ2) is 7.86. The number of pyridine rings is 3. The number of imidazole rings is 1. The maximum Gasteiger partial charge on any atom is 0.254 e. The van der Waals surface area contributed by atoms with Crippen LogP contribution in [0.25, 0.3) is 17.0 Å². The van der Waals surface area contributed by atoms with Crippen molar-refractivity contribution in [1.29, 1.82) is 0 Å². The molecule has 33 heavy (non-hydrogen) atoms. The fourth-order valence-corrected chi connectivity index (χ4v) is 4.51. The zero-order valence-electron chi connectivity index (χ0n) is 18.3. The number of amides is 1. The Morgan fingerprint density at radius 2 is 1.88 bits per heavy atom. The van der Waals surface area contributed by atoms with Crippen molar-refractivity contribution < 1.29 is 4.79 Å². The lowest BCUT2D eigenvalue weighted by Gasteiger charge is -2.33. The first-order valence-electron chi connectivity index (χ1n) is 11.1. The Kier molecular flexibility index (Phi) is 4.69. The minimum atomic E-state index is -0.111. The van der Waals surface area contributed by atoms with Gasteiger partial charge in [0.15, 0.2) is 0 Å². The summed E-state index contributed by atoms with van der Waals surface area (Å²) < 4.78 is 1.99. The van der Waals surface area contributed by atoms with Gasteiger partial charge in [-0.1, -0.05) is 12.1 Å². The molecule has 1 saturated heterocycles. The zero-order chi connectivity index (χ0) is 22.4. The molecule has 0 atom stereocenters. The van der Waals surface area contributed by atoms with Crippen LogP contribution in [0.2, 0.25) is 0 Å². The average Bonchev–Trinajstić information content (AvgIpc) is 3.44. The maximum atomic E-state index is 12.8. The topological polar surface area (TPSA) is 90.7 Å². The zero-order valence-corrected chi connectivity index (χ0v) is 18.3. The van der Waals surface area contributed by atoms with E-state index in [2.05, 4.69) is 32.5 Å². The molecule has 2 aliphatic heterocycles. The minimum absolute atomic E-state index is 0.111.